The minimum absolute atomic E-state index is 0.00740. The number of hydrogen-bond donors (Lipinski definition) is 6. The second kappa shape index (κ2) is 34.7. The van der Waals surface area contributed by atoms with Crippen LogP contribution in [0, 0.1) is 53.3 Å². The zero-order valence-corrected chi connectivity index (χ0v) is 51.8. The molecule has 82 heavy (non-hydrogen) atoms. The highest BCUT2D eigenvalue weighted by Gasteiger charge is 2.60. The first-order valence-electron chi connectivity index (χ1n) is 30.6. The zero-order valence-electron chi connectivity index (χ0n) is 50.2. The van der Waals surface area contributed by atoms with E-state index in [1.165, 1.54) is 7.11 Å². The maximum absolute atomic E-state index is 15.2. The lowest BCUT2D eigenvalue weighted by Crippen LogP contribution is -2.52. The molecule has 21 nitrogen and oxygen atoms in total. The molecule has 19 unspecified atom stereocenters. The number of ether oxygens (including phenoxy) is 13. The Hall–Kier alpha value is -2.52. The second-order valence-electron chi connectivity index (χ2n) is 23.4. The van der Waals surface area contributed by atoms with Crippen LogP contribution in [0.4, 0.5) is 0 Å². The molecule has 6 N–H and O–H groups in total. The van der Waals surface area contributed by atoms with E-state index in [0.717, 1.165) is 19.3 Å². The molecular weight excluding hydrogens is 1130 g/mol. The summed E-state index contributed by atoms with van der Waals surface area (Å²) in [6.07, 6.45) is 4.07. The molecule has 6 fully saturated rings. The number of esters is 2. The number of methoxy groups -OCH3 is 3. The van der Waals surface area contributed by atoms with Gasteiger partial charge in [-0.05, 0) is 84.8 Å². The Morgan fingerprint density at radius 3 is 1.67 bits per heavy atom. The third kappa shape index (κ3) is 17.8. The van der Waals surface area contributed by atoms with Gasteiger partial charge in [0.1, 0.15) is 26.4 Å². The van der Waals surface area contributed by atoms with Crippen LogP contribution in [0.1, 0.15) is 78.7 Å². The molecule has 1 aliphatic carbocycles. The summed E-state index contributed by atoms with van der Waals surface area (Å²) in [5.41, 5.74) is 0.640. The molecule has 470 valence electrons. The van der Waals surface area contributed by atoms with Crippen LogP contribution in [0.3, 0.4) is 0 Å². The van der Waals surface area contributed by atoms with Gasteiger partial charge in [-0.3, -0.25) is 9.59 Å². The van der Waals surface area contributed by atoms with E-state index >= 15 is 4.79 Å². The first-order valence-corrected chi connectivity index (χ1v) is 31.5. The van der Waals surface area contributed by atoms with Crippen molar-refractivity contribution in [3.05, 3.63) is 17.7 Å². The third-order valence-electron chi connectivity index (χ3n) is 18.7. The van der Waals surface area contributed by atoms with E-state index in [1.54, 1.807) is 14.2 Å². The van der Waals surface area contributed by atoms with Crippen molar-refractivity contribution in [1.82, 2.24) is 21.3 Å². The predicted octanol–water partition coefficient (Wildman–Crippen LogP) is 3.92. The molecule has 0 amide bonds. The van der Waals surface area contributed by atoms with E-state index in [4.69, 9.17) is 66.7 Å². The molecule has 1 aromatic rings. The molecule has 0 radical (unpaired) electrons. The average Bonchev–Trinajstić information content (AvgIpc) is 2.92. The van der Waals surface area contributed by atoms with Gasteiger partial charge in [-0.2, -0.15) is 0 Å². The molecule has 6 aliphatic rings. The Labute approximate surface area is 496 Å². The Bertz CT molecular complexity index is 2040. The van der Waals surface area contributed by atoms with E-state index in [1.807, 2.05) is 12.1 Å². The summed E-state index contributed by atoms with van der Waals surface area (Å²) in [5.74, 6) is 1.80. The van der Waals surface area contributed by atoms with Gasteiger partial charge in [0, 0.05) is 79.7 Å². The van der Waals surface area contributed by atoms with Crippen LogP contribution in [0.5, 0.6) is 17.2 Å². The normalized spacial score (nSPS) is 33.9. The number of nitrogens with one attached hydrogen (secondary N) is 4. The molecule has 5 heterocycles. The van der Waals surface area contributed by atoms with Crippen LogP contribution in [0.2, 0.25) is 0 Å². The summed E-state index contributed by atoms with van der Waals surface area (Å²) in [5, 5.41) is 37.5. The van der Waals surface area contributed by atoms with Gasteiger partial charge in [0.25, 0.3) is 0 Å². The molecule has 5 aliphatic heterocycles. The quantitative estimate of drug-likeness (QED) is 0.0317. The van der Waals surface area contributed by atoms with Gasteiger partial charge >= 0.3 is 11.9 Å². The van der Waals surface area contributed by atoms with Crippen molar-refractivity contribution in [2.75, 3.05) is 140 Å². The number of alkyl halides is 1. The van der Waals surface area contributed by atoms with Gasteiger partial charge < -0.3 is 93.1 Å². The second-order valence-corrected chi connectivity index (χ2v) is 24.5. The number of rotatable bonds is 36. The first-order chi connectivity index (χ1) is 39.8. The van der Waals surface area contributed by atoms with Gasteiger partial charge in [0.05, 0.1) is 118 Å². The van der Waals surface area contributed by atoms with Crippen molar-refractivity contribution >= 4 is 27.9 Å². The van der Waals surface area contributed by atoms with Gasteiger partial charge in [-0.15, -0.1) is 0 Å². The average molecular weight is 1230 g/mol. The monoisotopic (exact) mass is 1230 g/mol. The lowest BCUT2D eigenvalue weighted by atomic mass is 9.76. The van der Waals surface area contributed by atoms with Gasteiger partial charge in [-0.25, -0.2) is 0 Å². The summed E-state index contributed by atoms with van der Waals surface area (Å²) in [6, 6.07) is 4.28. The number of carbonyl (C=O) groups excluding carboxylic acids is 2. The minimum Gasteiger partial charge on any atom is -0.487 e. The summed E-state index contributed by atoms with van der Waals surface area (Å²) >= 11 is 4.29. The standard InChI is InChI=1S/C60H101BrN4O17/c1-9-41-36(2)44-34-47-52(39(5)56(64-47)54(61)55-37(3)42(10-11-51(68)72-8)57(65-55)43-32-48(67)53-38(4)45(63-58(43)53)33-46(41)62-44)60(69)82-35-40-30-49(79-27-24-76-19-18-73-13-12-66)59(81-29-26-78-23-21-75-17-15-71-7)50(31-40)80-28-25-77-22-20-74-16-14-70-6/h30-31,36-39,41-48,52-58,62-67H,9-29,32-35H2,1-8H3. The Morgan fingerprint density at radius 1 is 0.573 bits per heavy atom. The molecule has 5 saturated heterocycles. The van der Waals surface area contributed by atoms with Crippen LogP contribution in [-0.4, -0.2) is 222 Å². The number of hydrogen-bond acceptors (Lipinski definition) is 21. The Morgan fingerprint density at radius 2 is 1.10 bits per heavy atom. The Balaban J connectivity index is 1.13. The smallest absolute Gasteiger partial charge is 0.311 e. The largest absolute Gasteiger partial charge is 0.487 e. The van der Waals surface area contributed by atoms with Crippen LogP contribution >= 0.6 is 15.9 Å². The van der Waals surface area contributed by atoms with E-state index in [0.29, 0.717) is 126 Å². The summed E-state index contributed by atoms with van der Waals surface area (Å²) in [7, 11) is 4.71. The van der Waals surface area contributed by atoms with Crippen molar-refractivity contribution in [1.29, 1.82) is 0 Å². The predicted molar refractivity (Wildman–Crippen MR) is 310 cm³/mol. The SMILES string of the molecule is CCC1C2CC3NC4C(CC(O)C4C3C)C3NC(C(C)C3CCC(=O)OC)C(Br)C3NC(CC(N2)C1C)C(C(=O)OCc1cc(OCCOCCOCCO)c(OCCOCCOCCOC)c(OCCOCCOCCOC)c1)C3C. The van der Waals surface area contributed by atoms with E-state index < -0.39 is 12.0 Å². The van der Waals surface area contributed by atoms with Crippen LogP contribution < -0.4 is 35.5 Å². The van der Waals surface area contributed by atoms with E-state index in [9.17, 15) is 9.90 Å². The summed E-state index contributed by atoms with van der Waals surface area (Å²) in [4.78, 5) is 27.8. The zero-order chi connectivity index (χ0) is 58.5. The van der Waals surface area contributed by atoms with Crippen molar-refractivity contribution in [2.45, 2.75) is 139 Å². The number of aliphatic hydroxyl groups excluding tert-OH is 2. The number of fused-ring (bicyclic) bond motifs is 8. The lowest BCUT2D eigenvalue weighted by molar-refractivity contribution is -0.151. The summed E-state index contributed by atoms with van der Waals surface area (Å²) in [6.45, 7) is 17.1. The molecule has 0 spiro atoms. The van der Waals surface area contributed by atoms with Crippen molar-refractivity contribution in [3.63, 3.8) is 0 Å². The number of halogens is 1. The van der Waals surface area contributed by atoms with Crippen molar-refractivity contribution in [3.8, 4) is 17.2 Å². The topological polar surface area (TPSA) is 243 Å². The number of carbonyl (C=O) groups is 2. The maximum Gasteiger partial charge on any atom is 0.311 e. The number of benzene rings is 1. The van der Waals surface area contributed by atoms with Gasteiger partial charge in [0.2, 0.25) is 5.75 Å². The van der Waals surface area contributed by atoms with Crippen LogP contribution in [0.15, 0.2) is 12.1 Å². The molecule has 0 aromatic heterocycles. The summed E-state index contributed by atoms with van der Waals surface area (Å²) < 4.78 is 74.9. The molecule has 22 heteroatoms. The molecule has 1 saturated carbocycles. The molecule has 19 atom stereocenters. The van der Waals surface area contributed by atoms with E-state index in [-0.39, 0.29) is 154 Å². The molecule has 7 rings (SSSR count). The maximum atomic E-state index is 15.2. The van der Waals surface area contributed by atoms with Crippen molar-refractivity contribution in [2.24, 2.45) is 53.3 Å². The van der Waals surface area contributed by atoms with Gasteiger partial charge in [0.15, 0.2) is 11.5 Å². The third-order valence-corrected chi connectivity index (χ3v) is 19.9. The fourth-order valence-corrected chi connectivity index (χ4v) is 15.8. The highest BCUT2D eigenvalue weighted by Crippen LogP contribution is 2.51. The number of aliphatic hydroxyl groups is 2. The van der Waals surface area contributed by atoms with Crippen LogP contribution in [-0.2, 0) is 63.6 Å². The fraction of sp³-hybridized carbons (Fsp3) is 0.867. The highest BCUT2D eigenvalue weighted by molar-refractivity contribution is 9.09. The molecule has 8 bridgehead atoms. The minimum atomic E-state index is -0.478. The first kappa shape index (κ1) is 67.0. The highest BCUT2D eigenvalue weighted by atomic mass is 79.9. The molecular formula is C60H101BrN4O17. The van der Waals surface area contributed by atoms with Crippen LogP contribution in [0.25, 0.3) is 0 Å². The van der Waals surface area contributed by atoms with Gasteiger partial charge in [-0.1, -0.05) is 57.0 Å². The lowest BCUT2D eigenvalue weighted by Gasteiger charge is -2.32. The van der Waals surface area contributed by atoms with Crippen molar-refractivity contribution < 1.29 is 81.4 Å². The van der Waals surface area contributed by atoms with E-state index in [2.05, 4.69) is 71.8 Å². The fourth-order valence-electron chi connectivity index (χ4n) is 14.6. The Kier molecular flexibility index (Phi) is 28.4. The molecule has 1 aromatic carbocycles.